The Morgan fingerprint density at radius 1 is 1.06 bits per heavy atom. The van der Waals surface area contributed by atoms with Crippen LogP contribution in [0.2, 0.25) is 0 Å². The molecule has 2 saturated heterocycles. The predicted molar refractivity (Wildman–Crippen MR) is 126 cm³/mol. The van der Waals surface area contributed by atoms with Gasteiger partial charge in [0.25, 0.3) is 5.91 Å². The van der Waals surface area contributed by atoms with Crippen molar-refractivity contribution in [3.63, 3.8) is 0 Å². The van der Waals surface area contributed by atoms with Crippen molar-refractivity contribution in [3.8, 4) is 0 Å². The molecular weight excluding hydrogens is 492 g/mol. The lowest BCUT2D eigenvalue weighted by molar-refractivity contribution is -0.156. The number of ether oxygens (including phenoxy) is 1. The highest BCUT2D eigenvalue weighted by molar-refractivity contribution is 7.88. The fourth-order valence-corrected chi connectivity index (χ4v) is 5.45. The monoisotopic (exact) mass is 520 g/mol. The van der Waals surface area contributed by atoms with Gasteiger partial charge >= 0.3 is 5.97 Å². The van der Waals surface area contributed by atoms with E-state index in [0.717, 1.165) is 10.6 Å². The number of amides is 3. The minimum atomic E-state index is -3.70. The Morgan fingerprint density at radius 2 is 1.75 bits per heavy atom. The highest BCUT2D eigenvalue weighted by Crippen LogP contribution is 2.25. The van der Waals surface area contributed by atoms with Crippen LogP contribution in [0.5, 0.6) is 0 Å². The third-order valence-corrected chi connectivity index (χ3v) is 7.68. The van der Waals surface area contributed by atoms with Crippen molar-refractivity contribution in [2.24, 2.45) is 0 Å². The van der Waals surface area contributed by atoms with Crippen molar-refractivity contribution in [3.05, 3.63) is 48.0 Å². The summed E-state index contributed by atoms with van der Waals surface area (Å²) in [4.78, 5) is 52.6. The zero-order valence-corrected chi connectivity index (χ0v) is 20.4. The molecule has 12 nitrogen and oxygen atoms in total. The van der Waals surface area contributed by atoms with Crippen LogP contribution in [-0.4, -0.2) is 96.2 Å². The van der Waals surface area contributed by atoms with Crippen molar-refractivity contribution in [1.82, 2.24) is 19.8 Å². The predicted octanol–water partition coefficient (Wildman–Crippen LogP) is -1.27. The molecule has 0 spiro atoms. The van der Waals surface area contributed by atoms with E-state index in [1.165, 1.54) is 4.90 Å². The summed E-state index contributed by atoms with van der Waals surface area (Å²) in [5, 5.41) is 15.1. The van der Waals surface area contributed by atoms with Crippen LogP contribution in [0.3, 0.4) is 0 Å². The summed E-state index contributed by atoms with van der Waals surface area (Å²) in [6.07, 6.45) is 3.25. The molecule has 1 aromatic carbocycles. The molecular formula is C23H28N4O8S. The highest BCUT2D eigenvalue weighted by atomic mass is 32.2. The lowest BCUT2D eigenvalue weighted by Gasteiger charge is -2.46. The number of nitrogens with zero attached hydrogens (tertiary/aromatic N) is 2. The summed E-state index contributed by atoms with van der Waals surface area (Å²) < 4.78 is 30.6. The van der Waals surface area contributed by atoms with Gasteiger partial charge in [0, 0.05) is 24.7 Å². The largest absolute Gasteiger partial charge is 0.434 e. The Morgan fingerprint density at radius 3 is 2.39 bits per heavy atom. The molecule has 2 fully saturated rings. The number of cyclic esters (lactones) is 1. The Balaban J connectivity index is 1.62. The van der Waals surface area contributed by atoms with Gasteiger partial charge in [0.15, 0.2) is 0 Å². The van der Waals surface area contributed by atoms with Gasteiger partial charge < -0.3 is 25.4 Å². The van der Waals surface area contributed by atoms with Gasteiger partial charge in [-0.05, 0) is 25.0 Å². The quantitative estimate of drug-likeness (QED) is 0.320. The number of esters is 1. The molecule has 3 aliphatic heterocycles. The van der Waals surface area contributed by atoms with Crippen LogP contribution < -0.4 is 10.6 Å². The molecule has 3 heterocycles. The molecule has 0 aromatic heterocycles. The van der Waals surface area contributed by atoms with Crippen LogP contribution in [0.15, 0.2) is 42.5 Å². The second-order valence-electron chi connectivity index (χ2n) is 9.03. The molecule has 3 N–H and O–H groups in total. The first-order valence-electron chi connectivity index (χ1n) is 11.5. The van der Waals surface area contributed by atoms with Crippen LogP contribution in [0.25, 0.3) is 0 Å². The molecule has 4 rings (SSSR count). The summed E-state index contributed by atoms with van der Waals surface area (Å²) >= 11 is 0. The van der Waals surface area contributed by atoms with Crippen LogP contribution in [0.1, 0.15) is 29.6 Å². The summed E-state index contributed by atoms with van der Waals surface area (Å²) in [5.41, 5.74) is 0.365. The number of rotatable bonds is 5. The Labute approximate surface area is 208 Å². The van der Waals surface area contributed by atoms with Gasteiger partial charge in [-0.3, -0.25) is 19.2 Å². The molecule has 0 aliphatic carbocycles. The molecule has 0 radical (unpaired) electrons. The smallest absolute Gasteiger partial charge is 0.310 e. The molecule has 0 bridgehead atoms. The summed E-state index contributed by atoms with van der Waals surface area (Å²) in [7, 11) is -3.70. The maximum absolute atomic E-state index is 13.7. The summed E-state index contributed by atoms with van der Waals surface area (Å²) in [6.45, 7) is -0.334. The Bertz CT molecular complexity index is 1170. The molecule has 3 aliphatic rings. The normalized spacial score (nSPS) is 29.1. The van der Waals surface area contributed by atoms with E-state index in [1.54, 1.807) is 42.5 Å². The number of sulfonamides is 1. The van der Waals surface area contributed by atoms with Crippen LogP contribution in [0, 0.1) is 0 Å². The standard InChI is InChI=1S/C23H28N4O8S/c1-36(33,34)26-12-15-9-5-6-10-16(24-20(29)14-7-3-2-4-8-14)22(31)27(15)18(13-26)21(30)25-17-11-19(28)35-23(17)32/h2-8,15-18,23,32H,9-13H2,1H3,(H,24,29)(H,25,30)/t15-,16-,17?,18-,23?/m0/s1. The minimum absolute atomic E-state index is 0.0221. The number of hydrogen-bond acceptors (Lipinski definition) is 8. The third kappa shape index (κ3) is 5.58. The number of carbonyl (C=O) groups excluding carboxylic acids is 4. The number of nitrogens with one attached hydrogen (secondary N) is 2. The molecule has 1 aromatic rings. The Hall–Kier alpha value is -3.29. The van der Waals surface area contributed by atoms with Crippen molar-refractivity contribution < 1.29 is 37.4 Å². The average Bonchev–Trinajstić information content (AvgIpc) is 3.14. The number of hydrogen-bond donors (Lipinski definition) is 3. The molecule has 194 valence electrons. The number of benzene rings is 1. The maximum Gasteiger partial charge on any atom is 0.310 e. The van der Waals surface area contributed by atoms with E-state index in [-0.39, 0.29) is 25.9 Å². The second kappa shape index (κ2) is 10.4. The molecule has 2 unspecified atom stereocenters. The second-order valence-corrected chi connectivity index (χ2v) is 11.0. The van der Waals surface area contributed by atoms with E-state index in [4.69, 9.17) is 0 Å². The van der Waals surface area contributed by atoms with E-state index in [1.807, 2.05) is 0 Å². The number of aliphatic hydroxyl groups excluding tert-OH is 1. The molecule has 36 heavy (non-hydrogen) atoms. The fraction of sp³-hybridized carbons (Fsp3) is 0.478. The third-order valence-electron chi connectivity index (χ3n) is 6.44. The van der Waals surface area contributed by atoms with E-state index in [9.17, 15) is 32.7 Å². The first-order chi connectivity index (χ1) is 17.0. The topological polar surface area (TPSA) is 162 Å². The van der Waals surface area contributed by atoms with Gasteiger partial charge in [0.2, 0.25) is 28.1 Å². The van der Waals surface area contributed by atoms with Crippen molar-refractivity contribution in [2.45, 2.75) is 49.7 Å². The van der Waals surface area contributed by atoms with E-state index in [0.29, 0.717) is 12.0 Å². The average molecular weight is 521 g/mol. The molecule has 13 heteroatoms. The molecule has 3 amide bonds. The van der Waals surface area contributed by atoms with E-state index in [2.05, 4.69) is 15.4 Å². The first kappa shape index (κ1) is 25.8. The number of piperazine rings is 1. The Kier molecular flexibility index (Phi) is 7.43. The van der Waals surface area contributed by atoms with E-state index < -0.39 is 64.2 Å². The van der Waals surface area contributed by atoms with Crippen molar-refractivity contribution >= 4 is 33.7 Å². The summed E-state index contributed by atoms with van der Waals surface area (Å²) in [6, 6.07) is 4.43. The van der Waals surface area contributed by atoms with Gasteiger partial charge in [0.1, 0.15) is 18.1 Å². The van der Waals surface area contributed by atoms with Crippen molar-refractivity contribution in [1.29, 1.82) is 0 Å². The number of aliphatic hydroxyl groups is 1. The van der Waals surface area contributed by atoms with Crippen LogP contribution in [0.4, 0.5) is 0 Å². The SMILES string of the molecule is CS(=O)(=O)N1C[C@@H]2CC=CC[C@H](NC(=O)c3ccccc3)C(=O)N2[C@H](C(=O)NC2CC(=O)OC2O)C1. The van der Waals surface area contributed by atoms with Crippen LogP contribution >= 0.6 is 0 Å². The zero-order chi connectivity index (χ0) is 26.0. The molecule has 5 atom stereocenters. The number of fused-ring (bicyclic) bond motifs is 1. The van der Waals surface area contributed by atoms with Crippen LogP contribution in [-0.2, 0) is 29.1 Å². The summed E-state index contributed by atoms with van der Waals surface area (Å²) in [5.74, 6) is -2.41. The van der Waals surface area contributed by atoms with Gasteiger partial charge in [-0.25, -0.2) is 8.42 Å². The lowest BCUT2D eigenvalue weighted by Crippen LogP contribution is -2.68. The fourth-order valence-electron chi connectivity index (χ4n) is 4.60. The highest BCUT2D eigenvalue weighted by Gasteiger charge is 2.47. The maximum atomic E-state index is 13.7. The van der Waals surface area contributed by atoms with Gasteiger partial charge in [-0.2, -0.15) is 4.31 Å². The molecule has 0 saturated carbocycles. The zero-order valence-electron chi connectivity index (χ0n) is 19.6. The van der Waals surface area contributed by atoms with Gasteiger partial charge in [-0.1, -0.05) is 30.4 Å². The van der Waals surface area contributed by atoms with Gasteiger partial charge in [-0.15, -0.1) is 0 Å². The number of carbonyl (C=O) groups is 4. The lowest BCUT2D eigenvalue weighted by atomic mass is 9.97. The van der Waals surface area contributed by atoms with Gasteiger partial charge in [0.05, 0.1) is 12.7 Å². The minimum Gasteiger partial charge on any atom is -0.434 e. The van der Waals surface area contributed by atoms with E-state index >= 15 is 0 Å². The first-order valence-corrected chi connectivity index (χ1v) is 13.4. The van der Waals surface area contributed by atoms with Crippen molar-refractivity contribution in [2.75, 3.05) is 19.3 Å².